The quantitative estimate of drug-likeness (QED) is 0.834. The normalized spacial score (nSPS) is 9.73. The first-order valence-electron chi connectivity index (χ1n) is 4.51. The minimum atomic E-state index is -0.306. The number of ether oxygens (including phenoxy) is 1. The number of hydrogen-bond donors (Lipinski definition) is 1. The molecule has 15 heavy (non-hydrogen) atoms. The Kier molecular flexibility index (Phi) is 5.14. The Morgan fingerprint density at radius 3 is 2.67 bits per heavy atom. The highest BCUT2D eigenvalue weighted by molar-refractivity contribution is 9.10. The molecule has 0 saturated heterocycles. The van der Waals surface area contributed by atoms with Gasteiger partial charge < -0.3 is 4.74 Å². The first-order valence-corrected chi connectivity index (χ1v) is 5.30. The zero-order valence-electron chi connectivity index (χ0n) is 8.33. The topological polar surface area (TPSA) is 47.6 Å². The van der Waals surface area contributed by atoms with Gasteiger partial charge in [-0.25, -0.2) is 5.48 Å². The van der Waals surface area contributed by atoms with Gasteiger partial charge in [-0.2, -0.15) is 0 Å². The average molecular weight is 274 g/mol. The second kappa shape index (κ2) is 6.42. The molecule has 0 atom stereocenters. The van der Waals surface area contributed by atoms with Crippen molar-refractivity contribution in [1.29, 1.82) is 0 Å². The van der Waals surface area contributed by atoms with Crippen molar-refractivity contribution in [3.63, 3.8) is 0 Å². The molecule has 1 amide bonds. The van der Waals surface area contributed by atoms with Gasteiger partial charge in [0, 0.05) is 4.47 Å². The Hall–Kier alpha value is -1.07. The fourth-order valence-corrected chi connectivity index (χ4v) is 1.13. The van der Waals surface area contributed by atoms with Gasteiger partial charge in [0.15, 0.2) is 6.61 Å². The van der Waals surface area contributed by atoms with Gasteiger partial charge in [-0.15, -0.1) is 0 Å². The van der Waals surface area contributed by atoms with E-state index in [4.69, 9.17) is 9.57 Å². The van der Waals surface area contributed by atoms with Crippen molar-refractivity contribution >= 4 is 21.8 Å². The van der Waals surface area contributed by atoms with Crippen LogP contribution in [-0.2, 0) is 9.63 Å². The number of hydroxylamine groups is 1. The van der Waals surface area contributed by atoms with Gasteiger partial charge in [0.05, 0.1) is 6.61 Å². The predicted octanol–water partition coefficient (Wildman–Crippen LogP) is 1.90. The third-order valence-electron chi connectivity index (χ3n) is 1.51. The smallest absolute Gasteiger partial charge is 0.281 e. The molecule has 0 fully saturated rings. The number of carbonyl (C=O) groups is 1. The fourth-order valence-electron chi connectivity index (χ4n) is 0.862. The van der Waals surface area contributed by atoms with Crippen LogP contribution in [0.4, 0.5) is 0 Å². The molecule has 0 aliphatic heterocycles. The van der Waals surface area contributed by atoms with E-state index in [0.29, 0.717) is 12.4 Å². The van der Waals surface area contributed by atoms with E-state index in [1.54, 1.807) is 19.1 Å². The zero-order chi connectivity index (χ0) is 11.1. The fraction of sp³-hybridized carbons (Fsp3) is 0.300. The van der Waals surface area contributed by atoms with E-state index in [1.165, 1.54) is 0 Å². The maximum atomic E-state index is 11.1. The van der Waals surface area contributed by atoms with Crippen LogP contribution >= 0.6 is 15.9 Å². The summed E-state index contributed by atoms with van der Waals surface area (Å²) < 4.78 is 6.17. The maximum absolute atomic E-state index is 11.1. The van der Waals surface area contributed by atoms with Crippen LogP contribution in [0.2, 0.25) is 0 Å². The van der Waals surface area contributed by atoms with Crippen molar-refractivity contribution < 1.29 is 14.4 Å². The number of amides is 1. The summed E-state index contributed by atoms with van der Waals surface area (Å²) in [6.45, 7) is 2.17. The highest BCUT2D eigenvalue weighted by atomic mass is 79.9. The summed E-state index contributed by atoms with van der Waals surface area (Å²) in [6, 6.07) is 7.24. The Balaban J connectivity index is 2.30. The molecule has 0 aromatic heterocycles. The molecule has 0 radical (unpaired) electrons. The average Bonchev–Trinajstić information content (AvgIpc) is 2.25. The van der Waals surface area contributed by atoms with Crippen LogP contribution in [0.1, 0.15) is 6.92 Å². The Morgan fingerprint density at radius 2 is 2.07 bits per heavy atom. The Morgan fingerprint density at radius 1 is 1.40 bits per heavy atom. The molecule has 0 unspecified atom stereocenters. The van der Waals surface area contributed by atoms with Crippen LogP contribution in [-0.4, -0.2) is 19.1 Å². The third kappa shape index (κ3) is 4.80. The summed E-state index contributed by atoms with van der Waals surface area (Å²) in [4.78, 5) is 15.8. The van der Waals surface area contributed by atoms with Crippen LogP contribution < -0.4 is 10.2 Å². The third-order valence-corrected chi connectivity index (χ3v) is 2.04. The van der Waals surface area contributed by atoms with Crippen LogP contribution in [0.15, 0.2) is 28.7 Å². The SMILES string of the molecule is CCONC(=O)COc1ccc(Br)cc1. The zero-order valence-corrected chi connectivity index (χ0v) is 9.91. The van der Waals surface area contributed by atoms with E-state index in [1.807, 2.05) is 12.1 Å². The number of halogens is 1. The molecule has 5 heteroatoms. The van der Waals surface area contributed by atoms with Crippen molar-refractivity contribution in [3.05, 3.63) is 28.7 Å². The van der Waals surface area contributed by atoms with Crippen molar-refractivity contribution in [2.45, 2.75) is 6.92 Å². The summed E-state index contributed by atoms with van der Waals surface area (Å²) >= 11 is 3.30. The van der Waals surface area contributed by atoms with E-state index in [2.05, 4.69) is 21.4 Å². The molecule has 0 saturated carbocycles. The molecule has 1 N–H and O–H groups in total. The van der Waals surface area contributed by atoms with Gasteiger partial charge in [0.2, 0.25) is 0 Å². The van der Waals surface area contributed by atoms with Gasteiger partial charge in [-0.3, -0.25) is 9.63 Å². The van der Waals surface area contributed by atoms with Gasteiger partial charge in [0.25, 0.3) is 5.91 Å². The monoisotopic (exact) mass is 273 g/mol. The number of benzene rings is 1. The summed E-state index contributed by atoms with van der Waals surface area (Å²) in [5.41, 5.74) is 2.24. The molecule has 0 aliphatic carbocycles. The van der Waals surface area contributed by atoms with Crippen LogP contribution in [0.3, 0.4) is 0 Å². The first-order chi connectivity index (χ1) is 7.22. The second-order valence-electron chi connectivity index (χ2n) is 2.70. The van der Waals surface area contributed by atoms with Gasteiger partial charge in [0.1, 0.15) is 5.75 Å². The Bertz CT molecular complexity index is 313. The van der Waals surface area contributed by atoms with Crippen molar-refractivity contribution in [3.8, 4) is 5.75 Å². The summed E-state index contributed by atoms with van der Waals surface area (Å²) in [5.74, 6) is 0.338. The number of carbonyl (C=O) groups excluding carboxylic acids is 1. The number of rotatable bonds is 5. The van der Waals surface area contributed by atoms with E-state index in [-0.39, 0.29) is 12.5 Å². The van der Waals surface area contributed by atoms with Crippen LogP contribution in [0.25, 0.3) is 0 Å². The molecule has 0 aliphatic rings. The minimum absolute atomic E-state index is 0.0539. The standard InChI is InChI=1S/C10H12BrNO3/c1-2-15-12-10(13)7-14-9-5-3-8(11)4-6-9/h3-6H,2,7H2,1H3,(H,12,13). The van der Waals surface area contributed by atoms with E-state index < -0.39 is 0 Å². The molecule has 82 valence electrons. The largest absolute Gasteiger partial charge is 0.484 e. The molecule has 1 rings (SSSR count). The van der Waals surface area contributed by atoms with Crippen LogP contribution in [0, 0.1) is 0 Å². The van der Waals surface area contributed by atoms with Gasteiger partial charge >= 0.3 is 0 Å². The van der Waals surface area contributed by atoms with Crippen LogP contribution in [0.5, 0.6) is 5.75 Å². The molecule has 4 nitrogen and oxygen atoms in total. The van der Waals surface area contributed by atoms with E-state index in [0.717, 1.165) is 4.47 Å². The lowest BCUT2D eigenvalue weighted by Crippen LogP contribution is -2.28. The Labute approximate surface area is 96.7 Å². The van der Waals surface area contributed by atoms with Crippen molar-refractivity contribution in [2.24, 2.45) is 0 Å². The lowest BCUT2D eigenvalue weighted by Gasteiger charge is -2.06. The lowest BCUT2D eigenvalue weighted by molar-refractivity contribution is -0.135. The van der Waals surface area contributed by atoms with Gasteiger partial charge in [-0.1, -0.05) is 15.9 Å². The maximum Gasteiger partial charge on any atom is 0.281 e. The highest BCUT2D eigenvalue weighted by Gasteiger charge is 2.01. The van der Waals surface area contributed by atoms with E-state index >= 15 is 0 Å². The molecular formula is C10H12BrNO3. The minimum Gasteiger partial charge on any atom is -0.484 e. The molecule has 0 spiro atoms. The number of hydrogen-bond acceptors (Lipinski definition) is 3. The molecular weight excluding hydrogens is 262 g/mol. The lowest BCUT2D eigenvalue weighted by atomic mass is 10.3. The molecule has 0 heterocycles. The van der Waals surface area contributed by atoms with Gasteiger partial charge in [-0.05, 0) is 31.2 Å². The van der Waals surface area contributed by atoms with Crippen molar-refractivity contribution in [2.75, 3.05) is 13.2 Å². The summed E-state index contributed by atoms with van der Waals surface area (Å²) in [6.07, 6.45) is 0. The second-order valence-corrected chi connectivity index (χ2v) is 3.62. The first kappa shape index (κ1) is 12.0. The molecule has 1 aromatic carbocycles. The van der Waals surface area contributed by atoms with E-state index in [9.17, 15) is 4.79 Å². The molecule has 1 aromatic rings. The molecule has 0 bridgehead atoms. The summed E-state index contributed by atoms with van der Waals surface area (Å²) in [7, 11) is 0. The predicted molar refractivity (Wildman–Crippen MR) is 59.4 cm³/mol. The highest BCUT2D eigenvalue weighted by Crippen LogP contribution is 2.15. The summed E-state index contributed by atoms with van der Waals surface area (Å²) in [5, 5.41) is 0. The van der Waals surface area contributed by atoms with Crippen molar-refractivity contribution in [1.82, 2.24) is 5.48 Å². The number of nitrogens with one attached hydrogen (secondary N) is 1.